The maximum Gasteiger partial charge on any atom is 0.198 e. The quantitative estimate of drug-likeness (QED) is 0.604. The van der Waals surface area contributed by atoms with Crippen LogP contribution in [0.1, 0.15) is 27.8 Å². The molecule has 2 N–H and O–H groups in total. The Kier molecular flexibility index (Phi) is 4.61. The number of ether oxygens (including phenoxy) is 3. The number of aliphatic hydroxyl groups excluding tert-OH is 2. The first-order valence-electron chi connectivity index (χ1n) is 9.31. The molecule has 4 rings (SSSR count). The van der Waals surface area contributed by atoms with Crippen molar-refractivity contribution in [3.05, 3.63) is 58.1 Å². The van der Waals surface area contributed by atoms with Gasteiger partial charge in [-0.05, 0) is 61.1 Å². The summed E-state index contributed by atoms with van der Waals surface area (Å²) < 4.78 is 16.4. The van der Waals surface area contributed by atoms with Crippen molar-refractivity contribution in [1.29, 1.82) is 0 Å². The zero-order valence-corrected chi connectivity index (χ0v) is 16.2. The molecule has 4 unspecified atom stereocenters. The van der Waals surface area contributed by atoms with Crippen molar-refractivity contribution in [3.63, 3.8) is 0 Å². The van der Waals surface area contributed by atoms with E-state index in [1.165, 1.54) is 5.56 Å². The van der Waals surface area contributed by atoms with Crippen molar-refractivity contribution in [3.8, 4) is 11.1 Å². The number of aliphatic hydroxyl groups is 2. The fourth-order valence-electron chi connectivity index (χ4n) is 3.89. The topological polar surface area (TPSA) is 74.8 Å². The van der Waals surface area contributed by atoms with E-state index in [9.17, 15) is 10.2 Å². The fourth-order valence-corrected chi connectivity index (χ4v) is 3.89. The Balaban J connectivity index is 1.88. The maximum absolute atomic E-state index is 10.8. The minimum absolute atomic E-state index is 0.0174. The van der Waals surface area contributed by atoms with Gasteiger partial charge in [-0.3, -0.25) is 0 Å². The second-order valence-corrected chi connectivity index (χ2v) is 7.52. The lowest BCUT2D eigenvalue weighted by molar-refractivity contribution is -0.149. The number of rotatable bonds is 6. The second kappa shape index (κ2) is 6.69. The predicted octanol–water partition coefficient (Wildman–Crippen LogP) is 2.86. The van der Waals surface area contributed by atoms with Gasteiger partial charge in [0.25, 0.3) is 0 Å². The summed E-state index contributed by atoms with van der Waals surface area (Å²) in [7, 11) is 0. The van der Waals surface area contributed by atoms with E-state index in [1.807, 2.05) is 37.3 Å². The second-order valence-electron chi connectivity index (χ2n) is 7.52. The molecule has 2 aromatic rings. The van der Waals surface area contributed by atoms with Crippen molar-refractivity contribution in [2.75, 3.05) is 13.2 Å². The molecule has 27 heavy (non-hydrogen) atoms. The Bertz CT molecular complexity index is 859. The molecule has 144 valence electrons. The molecule has 0 saturated carbocycles. The van der Waals surface area contributed by atoms with Crippen molar-refractivity contribution in [1.82, 2.24) is 0 Å². The highest BCUT2D eigenvalue weighted by Crippen LogP contribution is 2.54. The summed E-state index contributed by atoms with van der Waals surface area (Å²) in [6.07, 6.45) is -2.38. The monoisotopic (exact) mass is 370 g/mol. The fraction of sp³-hybridized carbons (Fsp3) is 0.455. The van der Waals surface area contributed by atoms with Gasteiger partial charge >= 0.3 is 0 Å². The van der Waals surface area contributed by atoms with Gasteiger partial charge in [0, 0.05) is 5.56 Å². The molecule has 0 aromatic heterocycles. The van der Waals surface area contributed by atoms with Crippen molar-refractivity contribution < 1.29 is 24.4 Å². The summed E-state index contributed by atoms with van der Waals surface area (Å²) in [5.74, 6) is 0. The van der Waals surface area contributed by atoms with E-state index in [0.29, 0.717) is 6.61 Å². The summed E-state index contributed by atoms with van der Waals surface area (Å²) in [5.41, 5.74) is 5.95. The first-order chi connectivity index (χ1) is 12.9. The van der Waals surface area contributed by atoms with E-state index in [4.69, 9.17) is 14.2 Å². The summed E-state index contributed by atoms with van der Waals surface area (Å²) in [4.78, 5) is 0. The van der Waals surface area contributed by atoms with Gasteiger partial charge in [-0.15, -0.1) is 0 Å². The Morgan fingerprint density at radius 1 is 1.07 bits per heavy atom. The first kappa shape index (κ1) is 18.6. The van der Waals surface area contributed by atoms with Crippen LogP contribution >= 0.6 is 0 Å². The average molecular weight is 370 g/mol. The molecule has 0 radical (unpaired) electrons. The lowest BCUT2D eigenvalue weighted by Crippen LogP contribution is -2.35. The lowest BCUT2D eigenvalue weighted by Gasteiger charge is -2.28. The van der Waals surface area contributed by atoms with Crippen molar-refractivity contribution in [2.45, 2.75) is 52.0 Å². The third-order valence-electron chi connectivity index (χ3n) is 5.97. The van der Waals surface area contributed by atoms with Crippen molar-refractivity contribution in [2.24, 2.45) is 0 Å². The molecule has 2 aromatic carbocycles. The van der Waals surface area contributed by atoms with Crippen LogP contribution in [0.5, 0.6) is 0 Å². The molecule has 2 aliphatic heterocycles. The van der Waals surface area contributed by atoms with Gasteiger partial charge in [-0.1, -0.05) is 30.3 Å². The number of hydrogen-bond donors (Lipinski definition) is 2. The summed E-state index contributed by atoms with van der Waals surface area (Å²) in [5, 5.41) is 21.3. The molecule has 2 saturated heterocycles. The molecular weight excluding hydrogens is 344 g/mol. The van der Waals surface area contributed by atoms with E-state index in [0.717, 1.165) is 33.4 Å². The smallest absolute Gasteiger partial charge is 0.198 e. The van der Waals surface area contributed by atoms with Crippen LogP contribution in [0.4, 0.5) is 0 Å². The summed E-state index contributed by atoms with van der Waals surface area (Å²) in [6.45, 7) is 9.16. The third kappa shape index (κ3) is 3.00. The van der Waals surface area contributed by atoms with Crippen LogP contribution in [-0.2, 0) is 19.8 Å². The highest BCUT2D eigenvalue weighted by atomic mass is 16.8. The van der Waals surface area contributed by atoms with Gasteiger partial charge in [0.15, 0.2) is 18.2 Å². The molecule has 5 nitrogen and oxygen atoms in total. The molecule has 4 atom stereocenters. The van der Waals surface area contributed by atoms with Crippen LogP contribution < -0.4 is 0 Å². The van der Waals surface area contributed by atoms with Gasteiger partial charge in [0.2, 0.25) is 0 Å². The SMILES string of the molecule is Cc1c(C)c(C)c(C2(C(O)OCC3CO3)OC2O)c(-c2ccccc2)c1C. The molecule has 2 heterocycles. The van der Waals surface area contributed by atoms with Gasteiger partial charge in [-0.2, -0.15) is 0 Å². The van der Waals surface area contributed by atoms with E-state index >= 15 is 0 Å². The largest absolute Gasteiger partial charge is 0.371 e. The summed E-state index contributed by atoms with van der Waals surface area (Å²) in [6, 6.07) is 10.0. The van der Waals surface area contributed by atoms with Gasteiger partial charge in [-0.25, -0.2) is 0 Å². The minimum Gasteiger partial charge on any atom is -0.371 e. The van der Waals surface area contributed by atoms with Crippen LogP contribution in [0, 0.1) is 27.7 Å². The first-order valence-corrected chi connectivity index (χ1v) is 9.31. The molecule has 0 aliphatic carbocycles. The van der Waals surface area contributed by atoms with Crippen LogP contribution in [0.15, 0.2) is 30.3 Å². The van der Waals surface area contributed by atoms with Gasteiger partial charge in [0.1, 0.15) is 6.10 Å². The van der Waals surface area contributed by atoms with E-state index in [2.05, 4.69) is 20.8 Å². The number of benzene rings is 2. The van der Waals surface area contributed by atoms with E-state index in [1.54, 1.807) is 0 Å². The molecule has 2 aliphatic rings. The predicted molar refractivity (Wildman–Crippen MR) is 101 cm³/mol. The Hall–Kier alpha value is -1.76. The Labute approximate surface area is 159 Å². The molecule has 5 heteroatoms. The van der Waals surface area contributed by atoms with Gasteiger partial charge < -0.3 is 24.4 Å². The number of hydrogen-bond acceptors (Lipinski definition) is 5. The molecule has 0 amide bonds. The zero-order chi connectivity index (χ0) is 19.3. The zero-order valence-electron chi connectivity index (χ0n) is 16.2. The molecule has 0 spiro atoms. The lowest BCUT2D eigenvalue weighted by atomic mass is 9.79. The Morgan fingerprint density at radius 2 is 1.67 bits per heavy atom. The van der Waals surface area contributed by atoms with Crippen LogP contribution in [0.25, 0.3) is 11.1 Å². The third-order valence-corrected chi connectivity index (χ3v) is 5.97. The van der Waals surface area contributed by atoms with E-state index < -0.39 is 18.2 Å². The van der Waals surface area contributed by atoms with Crippen molar-refractivity contribution >= 4 is 0 Å². The van der Waals surface area contributed by atoms with Crippen LogP contribution in [0.2, 0.25) is 0 Å². The Morgan fingerprint density at radius 3 is 2.22 bits per heavy atom. The van der Waals surface area contributed by atoms with Crippen LogP contribution in [-0.4, -0.2) is 42.1 Å². The van der Waals surface area contributed by atoms with Gasteiger partial charge in [0.05, 0.1) is 13.2 Å². The molecular formula is C22H26O5. The highest BCUT2D eigenvalue weighted by Gasteiger charge is 2.65. The summed E-state index contributed by atoms with van der Waals surface area (Å²) >= 11 is 0. The standard InChI is InChI=1S/C22H26O5/c1-12-13(2)15(4)19(18(14(12)3)16-8-6-5-7-9-16)22(21(24)27-22)20(23)26-11-17-10-25-17/h5-9,17,20-21,23-24H,10-11H2,1-4H3. The number of epoxide rings is 2. The average Bonchev–Trinajstić information content (AvgIpc) is 3.59. The maximum atomic E-state index is 10.8. The van der Waals surface area contributed by atoms with Crippen LogP contribution in [0.3, 0.4) is 0 Å². The normalized spacial score (nSPS) is 27.5. The van der Waals surface area contributed by atoms with E-state index in [-0.39, 0.29) is 12.7 Å². The molecule has 2 fully saturated rings. The molecule has 0 bridgehead atoms. The minimum atomic E-state index is -1.28. The highest BCUT2D eigenvalue weighted by molar-refractivity contribution is 5.77.